The van der Waals surface area contributed by atoms with Gasteiger partial charge in [0.2, 0.25) is 5.96 Å². The molecule has 212 valence electrons. The molecule has 3 heterocycles. The highest BCUT2D eigenvalue weighted by Crippen LogP contribution is 2.34. The number of anilines is 1. The third-order valence-electron chi connectivity index (χ3n) is 6.51. The van der Waals surface area contributed by atoms with E-state index in [1.807, 2.05) is 20.8 Å². The van der Waals surface area contributed by atoms with Crippen molar-refractivity contribution in [3.8, 4) is 0 Å². The highest BCUT2D eigenvalue weighted by atomic mass is 32.2. The van der Waals surface area contributed by atoms with E-state index in [0.717, 1.165) is 24.1 Å². The lowest BCUT2D eigenvalue weighted by Crippen LogP contribution is -2.28. The Bertz CT molecular complexity index is 1650. The van der Waals surface area contributed by atoms with Crippen molar-refractivity contribution in [1.82, 2.24) is 24.5 Å². The van der Waals surface area contributed by atoms with Gasteiger partial charge in [-0.2, -0.15) is 0 Å². The Balaban J connectivity index is 1.72. The summed E-state index contributed by atoms with van der Waals surface area (Å²) >= 11 is 0. The molecule has 0 aliphatic heterocycles. The highest BCUT2D eigenvalue weighted by molar-refractivity contribution is 7.91. The molecular weight excluding hydrogens is 530 g/mol. The van der Waals surface area contributed by atoms with E-state index in [4.69, 9.17) is 10.7 Å². The SMILES string of the molecule is CCC(=NC(N)=NC)/C(=C/C1CC1)c1ncc2nc(NCc3ccc(S(=O)(=O)CC)cn3)c(=O)n(C(C)C)c2n1. The van der Waals surface area contributed by atoms with Crippen LogP contribution < -0.4 is 16.6 Å². The summed E-state index contributed by atoms with van der Waals surface area (Å²) in [5.41, 5.74) is 8.51. The van der Waals surface area contributed by atoms with Crippen LogP contribution in [0.3, 0.4) is 0 Å². The predicted molar refractivity (Wildman–Crippen MR) is 157 cm³/mol. The van der Waals surface area contributed by atoms with Crippen molar-refractivity contribution in [2.24, 2.45) is 21.6 Å². The number of fused-ring (bicyclic) bond motifs is 1. The van der Waals surface area contributed by atoms with Crippen LogP contribution in [-0.2, 0) is 16.4 Å². The van der Waals surface area contributed by atoms with Gasteiger partial charge in [0.15, 0.2) is 27.1 Å². The average Bonchev–Trinajstić information content (AvgIpc) is 3.77. The van der Waals surface area contributed by atoms with E-state index in [2.05, 4.69) is 36.3 Å². The molecule has 0 unspecified atom stereocenters. The summed E-state index contributed by atoms with van der Waals surface area (Å²) in [6.07, 6.45) is 7.84. The molecule has 1 fully saturated rings. The van der Waals surface area contributed by atoms with Gasteiger partial charge in [-0.15, -0.1) is 0 Å². The Kier molecular flexibility index (Phi) is 8.72. The quantitative estimate of drug-likeness (QED) is 0.277. The van der Waals surface area contributed by atoms with Gasteiger partial charge in [0, 0.05) is 24.9 Å². The van der Waals surface area contributed by atoms with E-state index >= 15 is 0 Å². The van der Waals surface area contributed by atoms with Gasteiger partial charge in [-0.1, -0.05) is 19.9 Å². The van der Waals surface area contributed by atoms with Gasteiger partial charge in [-0.05, 0) is 51.2 Å². The second-order valence-electron chi connectivity index (χ2n) is 9.79. The molecule has 0 saturated heterocycles. The molecule has 3 N–H and O–H groups in total. The maximum atomic E-state index is 13.5. The fraction of sp³-hybridized carbons (Fsp3) is 0.444. The number of nitrogens with two attached hydrogens (primary N) is 1. The summed E-state index contributed by atoms with van der Waals surface area (Å²) in [5, 5.41) is 3.05. The molecule has 12 nitrogen and oxygen atoms in total. The maximum absolute atomic E-state index is 13.5. The molecule has 0 bridgehead atoms. The number of nitrogens with zero attached hydrogens (tertiary/aromatic N) is 7. The number of nitrogens with one attached hydrogen (secondary N) is 1. The zero-order valence-corrected chi connectivity index (χ0v) is 24.2. The number of guanidine groups is 1. The van der Waals surface area contributed by atoms with Gasteiger partial charge in [0.25, 0.3) is 5.56 Å². The predicted octanol–water partition coefficient (Wildman–Crippen LogP) is 3.16. The van der Waals surface area contributed by atoms with Gasteiger partial charge in [-0.25, -0.2) is 28.4 Å². The molecule has 0 atom stereocenters. The largest absolute Gasteiger partial charge is 0.368 e. The van der Waals surface area contributed by atoms with Crippen LogP contribution >= 0.6 is 0 Å². The van der Waals surface area contributed by atoms with Crippen LogP contribution in [0.15, 0.2) is 50.3 Å². The van der Waals surface area contributed by atoms with Crippen LogP contribution in [0.25, 0.3) is 16.7 Å². The third-order valence-corrected chi connectivity index (χ3v) is 8.23. The second-order valence-corrected chi connectivity index (χ2v) is 12.1. The number of hydrogen-bond acceptors (Lipinski definition) is 9. The van der Waals surface area contributed by atoms with Crippen molar-refractivity contribution in [3.05, 3.63) is 52.5 Å². The lowest BCUT2D eigenvalue weighted by Gasteiger charge is -2.16. The Morgan fingerprint density at radius 1 is 1.20 bits per heavy atom. The molecular formula is C27H35N9O3S. The average molecular weight is 566 g/mol. The number of pyridine rings is 1. The van der Waals surface area contributed by atoms with Crippen molar-refractivity contribution in [2.75, 3.05) is 18.1 Å². The minimum Gasteiger partial charge on any atom is -0.368 e. The number of sulfone groups is 1. The lowest BCUT2D eigenvalue weighted by atomic mass is 10.1. The molecule has 1 aliphatic rings. The maximum Gasteiger partial charge on any atom is 0.295 e. The summed E-state index contributed by atoms with van der Waals surface area (Å²) in [4.78, 5) is 40.3. The van der Waals surface area contributed by atoms with Gasteiger partial charge in [0.1, 0.15) is 5.52 Å². The number of aliphatic imine (C=N–C) groups is 2. The molecule has 40 heavy (non-hydrogen) atoms. The number of hydrogen-bond donors (Lipinski definition) is 2. The zero-order valence-electron chi connectivity index (χ0n) is 23.4. The molecule has 3 aromatic heterocycles. The Hall–Kier alpha value is -4.00. The van der Waals surface area contributed by atoms with Gasteiger partial charge < -0.3 is 11.1 Å². The molecule has 3 aromatic rings. The molecule has 1 saturated carbocycles. The van der Waals surface area contributed by atoms with Crippen molar-refractivity contribution in [1.29, 1.82) is 0 Å². The molecule has 1 aliphatic carbocycles. The van der Waals surface area contributed by atoms with Crippen molar-refractivity contribution in [3.63, 3.8) is 0 Å². The fourth-order valence-corrected chi connectivity index (χ4v) is 4.90. The summed E-state index contributed by atoms with van der Waals surface area (Å²) in [6.45, 7) is 7.55. The standard InChI is InChI=1S/C27H35N9O3S/c1-6-21(34-27(28)29-5)20(12-17-8-9-17)23-32-15-22-25(35-23)36(16(3)4)26(37)24(33-22)31-13-18-10-11-19(14-30-18)40(38,39)7-2/h10-12,14-17H,6-9,13H2,1-5H3,(H2,28,29)(H,31,33)/b20-12-,34-21?. The topological polar surface area (TPSA) is 170 Å². The van der Waals surface area contributed by atoms with Crippen LogP contribution in [0.2, 0.25) is 0 Å². The molecule has 0 amide bonds. The molecule has 13 heteroatoms. The highest BCUT2D eigenvalue weighted by Gasteiger charge is 2.24. The van der Waals surface area contributed by atoms with Crippen molar-refractivity contribution < 1.29 is 8.42 Å². The summed E-state index contributed by atoms with van der Waals surface area (Å²) in [5.74, 6) is 1.17. The van der Waals surface area contributed by atoms with E-state index in [9.17, 15) is 13.2 Å². The van der Waals surface area contributed by atoms with Gasteiger partial charge in [0.05, 0.1) is 34.8 Å². The first-order valence-electron chi connectivity index (χ1n) is 13.3. The molecule has 0 radical (unpaired) electrons. The first kappa shape index (κ1) is 29.0. The Morgan fingerprint density at radius 3 is 2.52 bits per heavy atom. The van der Waals surface area contributed by atoms with E-state index in [1.165, 1.54) is 12.3 Å². The zero-order chi connectivity index (χ0) is 29.0. The van der Waals surface area contributed by atoms with E-state index < -0.39 is 9.84 Å². The number of allylic oxidation sites excluding steroid dienone is 2. The summed E-state index contributed by atoms with van der Waals surface area (Å²) < 4.78 is 25.7. The minimum absolute atomic E-state index is 0.00269. The van der Waals surface area contributed by atoms with E-state index in [1.54, 1.807) is 30.8 Å². The van der Waals surface area contributed by atoms with Crippen LogP contribution in [0, 0.1) is 5.92 Å². The third kappa shape index (κ3) is 6.41. The number of rotatable bonds is 10. The Labute approximate surface area is 233 Å². The monoisotopic (exact) mass is 565 g/mol. The molecule has 0 spiro atoms. The minimum atomic E-state index is -3.34. The molecule has 0 aromatic carbocycles. The summed E-state index contributed by atoms with van der Waals surface area (Å²) in [6, 6.07) is 2.92. The van der Waals surface area contributed by atoms with Crippen molar-refractivity contribution >= 4 is 44.1 Å². The first-order chi connectivity index (χ1) is 19.1. The van der Waals surface area contributed by atoms with Gasteiger partial charge >= 0.3 is 0 Å². The number of aromatic nitrogens is 5. The Morgan fingerprint density at radius 2 is 1.95 bits per heavy atom. The first-order valence-corrected chi connectivity index (χ1v) is 15.0. The van der Waals surface area contributed by atoms with Crippen LogP contribution in [0.4, 0.5) is 5.82 Å². The van der Waals surface area contributed by atoms with Crippen LogP contribution in [0.1, 0.15) is 64.5 Å². The van der Waals surface area contributed by atoms with Crippen LogP contribution in [0.5, 0.6) is 0 Å². The molecule has 4 rings (SSSR count). The van der Waals surface area contributed by atoms with E-state index in [-0.39, 0.29) is 40.6 Å². The smallest absolute Gasteiger partial charge is 0.295 e. The van der Waals surface area contributed by atoms with Crippen LogP contribution in [-0.4, -0.2) is 57.4 Å². The second kappa shape index (κ2) is 12.0. The van der Waals surface area contributed by atoms with E-state index in [0.29, 0.717) is 35.0 Å². The normalized spacial score (nSPS) is 15.2. The summed E-state index contributed by atoms with van der Waals surface area (Å²) in [7, 11) is -1.76. The fourth-order valence-electron chi connectivity index (χ4n) is 4.08. The van der Waals surface area contributed by atoms with Gasteiger partial charge in [-0.3, -0.25) is 19.3 Å². The van der Waals surface area contributed by atoms with Crippen molar-refractivity contribution in [2.45, 2.75) is 64.4 Å². The lowest BCUT2D eigenvalue weighted by molar-refractivity contribution is 0.592.